The third-order valence-electron chi connectivity index (χ3n) is 1.75. The molecule has 0 radical (unpaired) electrons. The molecule has 58 valence electrons. The van der Waals surface area contributed by atoms with E-state index < -0.39 is 0 Å². The van der Waals surface area contributed by atoms with Gasteiger partial charge in [-0.3, -0.25) is 0 Å². The molecular weight excluding hydrogens is 160 g/mol. The Hall–Kier alpha value is -0.830. The normalized spacial score (nSPS) is 21.0. The van der Waals surface area contributed by atoms with Crippen LogP contribution in [0.25, 0.3) is 0 Å². The van der Waals surface area contributed by atoms with Gasteiger partial charge >= 0.3 is 0 Å². The molecule has 0 bridgehead atoms. The summed E-state index contributed by atoms with van der Waals surface area (Å²) in [7, 11) is 0. The van der Waals surface area contributed by atoms with Gasteiger partial charge in [-0.15, -0.1) is 0 Å². The molecule has 11 heavy (non-hydrogen) atoms. The van der Waals surface area contributed by atoms with E-state index in [2.05, 4.69) is 12.6 Å². The molecule has 1 unspecified atom stereocenters. The van der Waals surface area contributed by atoms with Crippen LogP contribution in [0.3, 0.4) is 0 Å². The van der Waals surface area contributed by atoms with E-state index in [-0.39, 0.29) is 11.0 Å². The van der Waals surface area contributed by atoms with Crippen molar-refractivity contribution in [3.8, 4) is 11.5 Å². The van der Waals surface area contributed by atoms with Gasteiger partial charge in [-0.1, -0.05) is 6.07 Å². The van der Waals surface area contributed by atoms with Crippen molar-refractivity contribution in [3.05, 3.63) is 23.8 Å². The van der Waals surface area contributed by atoms with Crippen molar-refractivity contribution < 1.29 is 9.84 Å². The van der Waals surface area contributed by atoms with Crippen molar-refractivity contribution in [1.29, 1.82) is 0 Å². The highest BCUT2D eigenvalue weighted by Crippen LogP contribution is 2.37. The number of ether oxygens (including phenoxy) is 1. The number of rotatable bonds is 0. The van der Waals surface area contributed by atoms with Gasteiger partial charge in [0, 0.05) is 11.6 Å². The summed E-state index contributed by atoms with van der Waals surface area (Å²) in [4.78, 5) is 0. The first-order chi connectivity index (χ1) is 5.27. The molecule has 1 atom stereocenters. The van der Waals surface area contributed by atoms with Gasteiger partial charge in [0.05, 0.1) is 5.25 Å². The molecular formula is C8H8O2S. The van der Waals surface area contributed by atoms with Gasteiger partial charge in [0.1, 0.15) is 18.1 Å². The second kappa shape index (κ2) is 2.34. The number of fused-ring (bicyclic) bond motifs is 1. The summed E-state index contributed by atoms with van der Waals surface area (Å²) < 4.78 is 5.26. The molecule has 1 aromatic carbocycles. The van der Waals surface area contributed by atoms with Crippen LogP contribution in [0.2, 0.25) is 0 Å². The van der Waals surface area contributed by atoms with Crippen LogP contribution in [0.5, 0.6) is 11.5 Å². The maximum absolute atomic E-state index is 9.08. The van der Waals surface area contributed by atoms with E-state index in [1.807, 2.05) is 6.07 Å². The van der Waals surface area contributed by atoms with Crippen molar-refractivity contribution in [2.24, 2.45) is 0 Å². The number of aromatic hydroxyl groups is 1. The lowest BCUT2D eigenvalue weighted by molar-refractivity contribution is 0.353. The average Bonchev–Trinajstić information content (AvgIpc) is 2.32. The predicted molar refractivity (Wildman–Crippen MR) is 45.3 cm³/mol. The Kier molecular flexibility index (Phi) is 1.46. The monoisotopic (exact) mass is 168 g/mol. The maximum Gasteiger partial charge on any atom is 0.127 e. The van der Waals surface area contributed by atoms with Crippen molar-refractivity contribution >= 4 is 12.6 Å². The molecule has 1 N–H and O–H groups in total. The number of hydrogen-bond acceptors (Lipinski definition) is 3. The Morgan fingerprint density at radius 2 is 2.36 bits per heavy atom. The molecule has 2 rings (SSSR count). The highest BCUT2D eigenvalue weighted by Gasteiger charge is 2.20. The lowest BCUT2D eigenvalue weighted by atomic mass is 10.1. The Labute approximate surface area is 70.2 Å². The van der Waals surface area contributed by atoms with E-state index in [4.69, 9.17) is 9.84 Å². The number of phenolic OH excluding ortho intramolecular Hbond substituents is 1. The molecule has 1 aliphatic rings. The summed E-state index contributed by atoms with van der Waals surface area (Å²) in [6, 6.07) is 5.11. The van der Waals surface area contributed by atoms with E-state index in [1.165, 1.54) is 0 Å². The fraction of sp³-hybridized carbons (Fsp3) is 0.250. The zero-order valence-corrected chi connectivity index (χ0v) is 6.71. The van der Waals surface area contributed by atoms with E-state index in [9.17, 15) is 0 Å². The quantitative estimate of drug-likeness (QED) is 0.578. The van der Waals surface area contributed by atoms with Gasteiger partial charge in [-0.25, -0.2) is 0 Å². The number of benzene rings is 1. The zero-order valence-electron chi connectivity index (χ0n) is 5.82. The van der Waals surface area contributed by atoms with E-state index in [0.29, 0.717) is 6.61 Å². The van der Waals surface area contributed by atoms with E-state index in [1.54, 1.807) is 12.1 Å². The van der Waals surface area contributed by atoms with E-state index >= 15 is 0 Å². The Bertz CT molecular complexity index is 285. The van der Waals surface area contributed by atoms with Gasteiger partial charge < -0.3 is 9.84 Å². The molecule has 0 aromatic heterocycles. The van der Waals surface area contributed by atoms with Crippen molar-refractivity contribution in [2.75, 3.05) is 6.61 Å². The molecule has 0 saturated heterocycles. The Morgan fingerprint density at radius 1 is 1.55 bits per heavy atom. The standard InChI is InChI=1S/C8H8O2S/c9-5-1-2-6-7(3-5)10-4-8(6)11/h1-3,8-9,11H,4H2. The third kappa shape index (κ3) is 1.05. The first-order valence-corrected chi connectivity index (χ1v) is 3.93. The van der Waals surface area contributed by atoms with Crippen LogP contribution in [0, 0.1) is 0 Å². The zero-order chi connectivity index (χ0) is 7.84. The lowest BCUT2D eigenvalue weighted by Gasteiger charge is -1.98. The molecule has 1 aliphatic heterocycles. The highest BCUT2D eigenvalue weighted by molar-refractivity contribution is 7.80. The maximum atomic E-state index is 9.08. The van der Waals surface area contributed by atoms with Crippen LogP contribution < -0.4 is 4.74 Å². The molecule has 0 spiro atoms. The molecule has 1 heterocycles. The van der Waals surface area contributed by atoms with Crippen molar-refractivity contribution in [1.82, 2.24) is 0 Å². The smallest absolute Gasteiger partial charge is 0.127 e. The fourth-order valence-corrected chi connectivity index (χ4v) is 1.47. The molecule has 1 aromatic rings. The summed E-state index contributed by atoms with van der Waals surface area (Å²) >= 11 is 4.30. The van der Waals surface area contributed by atoms with Crippen LogP contribution in [-0.2, 0) is 0 Å². The van der Waals surface area contributed by atoms with Crippen LogP contribution in [-0.4, -0.2) is 11.7 Å². The van der Waals surface area contributed by atoms with Gasteiger partial charge in [0.15, 0.2) is 0 Å². The summed E-state index contributed by atoms with van der Waals surface area (Å²) in [6.45, 7) is 0.599. The summed E-state index contributed by atoms with van der Waals surface area (Å²) in [5.74, 6) is 0.996. The van der Waals surface area contributed by atoms with Gasteiger partial charge in [0.25, 0.3) is 0 Å². The van der Waals surface area contributed by atoms with Gasteiger partial charge in [0.2, 0.25) is 0 Å². The molecule has 0 saturated carbocycles. The predicted octanol–water partition coefficient (Wildman–Crippen LogP) is 1.76. The van der Waals surface area contributed by atoms with Crippen LogP contribution >= 0.6 is 12.6 Å². The number of hydrogen-bond donors (Lipinski definition) is 2. The molecule has 0 aliphatic carbocycles. The van der Waals surface area contributed by atoms with E-state index in [0.717, 1.165) is 11.3 Å². The Morgan fingerprint density at radius 3 is 3.18 bits per heavy atom. The lowest BCUT2D eigenvalue weighted by Crippen LogP contribution is -1.90. The molecule has 0 amide bonds. The minimum Gasteiger partial charge on any atom is -0.508 e. The van der Waals surface area contributed by atoms with Crippen molar-refractivity contribution in [3.63, 3.8) is 0 Å². The summed E-state index contributed by atoms with van der Waals surface area (Å²) in [5, 5.41) is 9.24. The SMILES string of the molecule is Oc1ccc2c(c1)OCC2S. The van der Waals surface area contributed by atoms with Gasteiger partial charge in [-0.2, -0.15) is 12.6 Å². The molecule has 0 fully saturated rings. The fourth-order valence-electron chi connectivity index (χ4n) is 1.18. The molecule has 2 nitrogen and oxygen atoms in total. The van der Waals surface area contributed by atoms with Crippen LogP contribution in [0.1, 0.15) is 10.8 Å². The summed E-state index contributed by atoms with van der Waals surface area (Å²) in [5.41, 5.74) is 1.06. The first-order valence-electron chi connectivity index (χ1n) is 3.41. The van der Waals surface area contributed by atoms with Crippen LogP contribution in [0.15, 0.2) is 18.2 Å². The topological polar surface area (TPSA) is 29.5 Å². The molecule has 3 heteroatoms. The number of phenols is 1. The minimum atomic E-state index is 0.158. The summed E-state index contributed by atoms with van der Waals surface area (Å²) in [6.07, 6.45) is 0. The minimum absolute atomic E-state index is 0.158. The van der Waals surface area contributed by atoms with Crippen molar-refractivity contribution in [2.45, 2.75) is 5.25 Å². The Balaban J connectivity index is 2.50. The van der Waals surface area contributed by atoms with Gasteiger partial charge in [-0.05, 0) is 6.07 Å². The second-order valence-electron chi connectivity index (χ2n) is 2.55. The van der Waals surface area contributed by atoms with Crippen LogP contribution in [0.4, 0.5) is 0 Å². The highest BCUT2D eigenvalue weighted by atomic mass is 32.1. The third-order valence-corrected chi connectivity index (χ3v) is 2.18. The second-order valence-corrected chi connectivity index (χ2v) is 3.17. The number of thiol groups is 1. The average molecular weight is 168 g/mol. The largest absolute Gasteiger partial charge is 0.508 e. The first kappa shape index (κ1) is 6.85.